The minimum absolute atomic E-state index is 0.375. The highest BCUT2D eigenvalue weighted by Crippen LogP contribution is 1.86. The van der Waals surface area contributed by atoms with Crippen molar-refractivity contribution in [2.75, 3.05) is 106 Å². The predicted octanol–water partition coefficient (Wildman–Crippen LogP) is -0.431. The van der Waals surface area contributed by atoms with E-state index in [9.17, 15) is 0 Å². The zero-order valence-corrected chi connectivity index (χ0v) is 15.5. The first kappa shape index (κ1) is 23.6. The molecule has 1 saturated heterocycles. The topological polar surface area (TPSA) is 95.1 Å². The molecule has 0 amide bonds. The molecule has 1 aliphatic rings. The summed E-state index contributed by atoms with van der Waals surface area (Å²) in [5.74, 6) is 0. The van der Waals surface area contributed by atoms with Crippen LogP contribution in [0.4, 0.5) is 0 Å². The van der Waals surface area contributed by atoms with Gasteiger partial charge in [0.15, 0.2) is 0 Å². The van der Waals surface area contributed by atoms with Crippen molar-refractivity contribution in [1.82, 2.24) is 5.64 Å². The first-order chi connectivity index (χ1) is 13.0. The van der Waals surface area contributed by atoms with E-state index < -0.39 is 0 Å². The van der Waals surface area contributed by atoms with Crippen molar-refractivity contribution in [3.8, 4) is 0 Å². The van der Waals surface area contributed by atoms with E-state index in [4.69, 9.17) is 42.8 Å². The zero-order chi connectivity index (χ0) is 18.4. The molecular weight excluding hydrogens is 350 g/mol. The van der Waals surface area contributed by atoms with Crippen LogP contribution in [0.5, 0.6) is 0 Å². The van der Waals surface area contributed by atoms with Crippen LogP contribution < -0.4 is 5.64 Å². The molecule has 1 fully saturated rings. The monoisotopic (exact) mass is 383 g/mol. The summed E-state index contributed by atoms with van der Waals surface area (Å²) in [5, 5.41) is 0. The molecule has 0 aromatic rings. The Labute approximate surface area is 155 Å². The average Bonchev–Trinajstić information content (AvgIpc) is 2.65. The molecule has 1 heterocycles. The Hall–Kier alpha value is -0.400. The van der Waals surface area contributed by atoms with Crippen molar-refractivity contribution < 1.29 is 42.8 Å². The van der Waals surface area contributed by atoms with Gasteiger partial charge in [-0.25, -0.2) is 0 Å². The SMILES string of the molecule is C1COCCOCCOCCONOCCOCCOCCOCCO1. The molecule has 0 unspecified atom stereocenters. The van der Waals surface area contributed by atoms with Crippen LogP contribution in [0, 0.1) is 0 Å². The molecule has 10 nitrogen and oxygen atoms in total. The normalized spacial score (nSPS) is 24.0. The Morgan fingerprint density at radius 1 is 0.269 bits per heavy atom. The maximum Gasteiger partial charge on any atom is 0.0942 e. The summed E-state index contributed by atoms with van der Waals surface area (Å²) < 4.78 is 37.6. The maximum atomic E-state index is 5.39. The second-order valence-corrected chi connectivity index (χ2v) is 5.07. The first-order valence-corrected chi connectivity index (χ1v) is 9.03. The fourth-order valence-electron chi connectivity index (χ4n) is 1.75. The lowest BCUT2D eigenvalue weighted by Crippen LogP contribution is -2.22. The van der Waals surface area contributed by atoms with Crippen LogP contribution in [0.3, 0.4) is 0 Å². The van der Waals surface area contributed by atoms with Gasteiger partial charge in [0.1, 0.15) is 0 Å². The van der Waals surface area contributed by atoms with E-state index in [1.807, 2.05) is 0 Å². The van der Waals surface area contributed by atoms with E-state index in [0.717, 1.165) is 0 Å². The lowest BCUT2D eigenvalue weighted by atomic mass is 10.6. The fraction of sp³-hybridized carbons (Fsp3) is 1.00. The van der Waals surface area contributed by atoms with Crippen LogP contribution in [0.2, 0.25) is 0 Å². The summed E-state index contributed by atoms with van der Waals surface area (Å²) in [4.78, 5) is 10.1. The Bertz CT molecular complexity index is 152. The highest BCUT2D eigenvalue weighted by atomic mass is 16.9. The van der Waals surface area contributed by atoms with Gasteiger partial charge in [-0.2, -0.15) is 0 Å². The van der Waals surface area contributed by atoms with Gasteiger partial charge < -0.3 is 33.2 Å². The van der Waals surface area contributed by atoms with Crippen molar-refractivity contribution in [1.29, 1.82) is 0 Å². The molecule has 26 heavy (non-hydrogen) atoms. The van der Waals surface area contributed by atoms with Crippen LogP contribution in [-0.4, -0.2) is 106 Å². The zero-order valence-electron chi connectivity index (χ0n) is 15.5. The molecule has 0 aromatic carbocycles. The van der Waals surface area contributed by atoms with E-state index in [-0.39, 0.29) is 0 Å². The Kier molecular flexibility index (Phi) is 19.0. The second kappa shape index (κ2) is 20.9. The van der Waals surface area contributed by atoms with Crippen LogP contribution >= 0.6 is 0 Å². The quantitative estimate of drug-likeness (QED) is 0.594. The molecule has 10 heteroatoms. The summed E-state index contributed by atoms with van der Waals surface area (Å²) >= 11 is 0. The van der Waals surface area contributed by atoms with E-state index in [1.54, 1.807) is 0 Å². The van der Waals surface area contributed by atoms with E-state index >= 15 is 0 Å². The molecule has 0 spiro atoms. The third kappa shape index (κ3) is 18.4. The van der Waals surface area contributed by atoms with E-state index in [1.165, 1.54) is 0 Å². The van der Waals surface area contributed by atoms with Crippen molar-refractivity contribution in [3.63, 3.8) is 0 Å². The van der Waals surface area contributed by atoms with Crippen LogP contribution in [0.1, 0.15) is 0 Å². The minimum Gasteiger partial charge on any atom is -0.377 e. The second-order valence-electron chi connectivity index (χ2n) is 5.07. The predicted molar refractivity (Wildman–Crippen MR) is 90.8 cm³/mol. The number of rotatable bonds is 0. The Morgan fingerprint density at radius 3 is 0.692 bits per heavy atom. The molecule has 1 N–H and O–H groups in total. The number of hydrogen-bond acceptors (Lipinski definition) is 10. The van der Waals surface area contributed by atoms with Gasteiger partial charge in [-0.3, -0.25) is 9.68 Å². The van der Waals surface area contributed by atoms with E-state index in [2.05, 4.69) is 5.64 Å². The Balaban J connectivity index is 2.00. The summed E-state index contributed by atoms with van der Waals surface area (Å²) in [6.07, 6.45) is 0. The van der Waals surface area contributed by atoms with Gasteiger partial charge in [-0.1, -0.05) is 5.64 Å². The van der Waals surface area contributed by atoms with Gasteiger partial charge in [0.25, 0.3) is 0 Å². The highest BCUT2D eigenvalue weighted by Gasteiger charge is 1.96. The molecule has 156 valence electrons. The largest absolute Gasteiger partial charge is 0.377 e. The molecule has 0 saturated carbocycles. The van der Waals surface area contributed by atoms with Gasteiger partial charge in [0, 0.05) is 0 Å². The highest BCUT2D eigenvalue weighted by molar-refractivity contribution is 4.37. The molecular formula is C16H33NO9. The van der Waals surface area contributed by atoms with Crippen LogP contribution in [0.15, 0.2) is 0 Å². The van der Waals surface area contributed by atoms with Gasteiger partial charge in [-0.15, -0.1) is 0 Å². The average molecular weight is 383 g/mol. The fourth-order valence-corrected chi connectivity index (χ4v) is 1.75. The summed E-state index contributed by atoms with van der Waals surface area (Å²) in [5.41, 5.74) is 2.38. The number of nitrogens with one attached hydrogen (secondary N) is 1. The van der Waals surface area contributed by atoms with Gasteiger partial charge >= 0.3 is 0 Å². The third-order valence-corrected chi connectivity index (χ3v) is 3.01. The van der Waals surface area contributed by atoms with Gasteiger partial charge in [0.05, 0.1) is 106 Å². The summed E-state index contributed by atoms with van der Waals surface area (Å²) in [6.45, 7) is 7.96. The number of hydrogen-bond donors (Lipinski definition) is 1. The van der Waals surface area contributed by atoms with Crippen LogP contribution in [-0.2, 0) is 42.8 Å². The van der Waals surface area contributed by atoms with Gasteiger partial charge in [-0.05, 0) is 0 Å². The molecule has 1 rings (SSSR count). The van der Waals surface area contributed by atoms with Gasteiger partial charge in [0.2, 0.25) is 0 Å². The summed E-state index contributed by atoms with van der Waals surface area (Å²) in [6, 6.07) is 0. The van der Waals surface area contributed by atoms with Crippen molar-refractivity contribution in [3.05, 3.63) is 0 Å². The number of ether oxygens (including phenoxy) is 7. The molecule has 1 aliphatic heterocycles. The first-order valence-electron chi connectivity index (χ1n) is 9.03. The molecule has 0 aliphatic carbocycles. The van der Waals surface area contributed by atoms with E-state index in [0.29, 0.717) is 106 Å². The third-order valence-electron chi connectivity index (χ3n) is 3.01. The van der Waals surface area contributed by atoms with Crippen molar-refractivity contribution >= 4 is 0 Å². The molecule has 0 atom stereocenters. The maximum absolute atomic E-state index is 5.39. The van der Waals surface area contributed by atoms with Crippen molar-refractivity contribution in [2.45, 2.75) is 0 Å². The lowest BCUT2D eigenvalue weighted by Gasteiger charge is -2.09. The Morgan fingerprint density at radius 2 is 0.462 bits per heavy atom. The van der Waals surface area contributed by atoms with Crippen LogP contribution in [0.25, 0.3) is 0 Å². The standard InChI is InChI=1S/C16H33NO9/c1-3-19-5-7-21-9-11-23-13-15-25-17-26-16-14-24-12-10-22-8-6-20-4-2-18-1/h17H,1-16H2. The lowest BCUT2D eigenvalue weighted by molar-refractivity contribution is -0.184. The summed E-state index contributed by atoms with van der Waals surface area (Å²) in [7, 11) is 0. The molecule has 0 aromatic heterocycles. The van der Waals surface area contributed by atoms with Crippen molar-refractivity contribution in [2.24, 2.45) is 0 Å². The molecule has 0 bridgehead atoms. The minimum atomic E-state index is 0.375. The smallest absolute Gasteiger partial charge is 0.0942 e. The molecule has 0 radical (unpaired) electrons.